The third-order valence-electron chi connectivity index (χ3n) is 4.21. The second kappa shape index (κ2) is 5.27. The van der Waals surface area contributed by atoms with Crippen molar-refractivity contribution in [2.24, 2.45) is 11.7 Å². The number of aromatic nitrogens is 1. The van der Waals surface area contributed by atoms with E-state index in [9.17, 15) is 0 Å². The molecule has 1 aliphatic rings. The Labute approximate surface area is 114 Å². The molecule has 0 bridgehead atoms. The molecule has 0 aliphatic carbocycles. The second-order valence-corrected chi connectivity index (χ2v) is 5.66. The summed E-state index contributed by atoms with van der Waals surface area (Å²) in [4.78, 5) is 6.98. The van der Waals surface area contributed by atoms with Crippen LogP contribution in [0.1, 0.15) is 18.9 Å². The minimum Gasteiger partial charge on any atom is -0.326 e. The van der Waals surface area contributed by atoms with E-state index in [0.29, 0.717) is 12.0 Å². The Balaban J connectivity index is 1.82. The molecule has 0 amide bonds. The first-order chi connectivity index (χ1) is 9.24. The highest BCUT2D eigenvalue weighted by Gasteiger charge is 2.23. The Kier molecular flexibility index (Phi) is 3.49. The summed E-state index contributed by atoms with van der Waals surface area (Å²) in [5, 5.41) is 1.22. The Bertz CT molecular complexity index is 561. The highest BCUT2D eigenvalue weighted by molar-refractivity contribution is 5.81. The number of piperidine rings is 1. The van der Waals surface area contributed by atoms with Crippen molar-refractivity contribution in [1.82, 2.24) is 9.88 Å². The number of hydrogen-bond donors (Lipinski definition) is 1. The zero-order chi connectivity index (χ0) is 13.2. The zero-order valence-electron chi connectivity index (χ0n) is 11.4. The van der Waals surface area contributed by atoms with Crippen molar-refractivity contribution in [3.63, 3.8) is 0 Å². The van der Waals surface area contributed by atoms with Crippen LogP contribution in [0.25, 0.3) is 10.9 Å². The molecule has 19 heavy (non-hydrogen) atoms. The van der Waals surface area contributed by atoms with Gasteiger partial charge in [-0.2, -0.15) is 0 Å². The smallest absolute Gasteiger partial charge is 0.0746 e. The summed E-state index contributed by atoms with van der Waals surface area (Å²) in [7, 11) is 0. The summed E-state index contributed by atoms with van der Waals surface area (Å²) in [6, 6.07) is 10.8. The predicted octanol–water partition coefficient (Wildman–Crippen LogP) is 2.40. The van der Waals surface area contributed by atoms with Gasteiger partial charge in [0.1, 0.15) is 0 Å². The van der Waals surface area contributed by atoms with E-state index in [-0.39, 0.29) is 0 Å². The van der Waals surface area contributed by atoms with Gasteiger partial charge in [-0.05, 0) is 30.5 Å². The first-order valence-electron chi connectivity index (χ1n) is 7.04. The molecule has 2 unspecified atom stereocenters. The van der Waals surface area contributed by atoms with Gasteiger partial charge in [-0.1, -0.05) is 31.2 Å². The van der Waals surface area contributed by atoms with Crippen molar-refractivity contribution in [1.29, 1.82) is 0 Å². The number of pyridine rings is 1. The first kappa shape index (κ1) is 12.6. The lowest BCUT2D eigenvalue weighted by molar-refractivity contribution is 0.162. The van der Waals surface area contributed by atoms with Gasteiger partial charge in [0.2, 0.25) is 0 Å². The van der Waals surface area contributed by atoms with E-state index in [1.807, 2.05) is 12.3 Å². The van der Waals surface area contributed by atoms with Crippen LogP contribution in [0.3, 0.4) is 0 Å². The van der Waals surface area contributed by atoms with Crippen molar-refractivity contribution in [2.75, 3.05) is 13.1 Å². The summed E-state index contributed by atoms with van der Waals surface area (Å²) in [5.74, 6) is 0.641. The van der Waals surface area contributed by atoms with Crippen LogP contribution in [-0.4, -0.2) is 29.0 Å². The molecule has 0 saturated carbocycles. The van der Waals surface area contributed by atoms with Crippen LogP contribution in [0.2, 0.25) is 0 Å². The van der Waals surface area contributed by atoms with Gasteiger partial charge in [-0.3, -0.25) is 9.88 Å². The average Bonchev–Trinajstić information content (AvgIpc) is 2.43. The van der Waals surface area contributed by atoms with Gasteiger partial charge in [0, 0.05) is 30.7 Å². The molecule has 1 aliphatic heterocycles. The molecule has 0 radical (unpaired) electrons. The number of likely N-dealkylation sites (tertiary alicyclic amines) is 1. The van der Waals surface area contributed by atoms with E-state index < -0.39 is 0 Å². The van der Waals surface area contributed by atoms with Crippen molar-refractivity contribution in [3.05, 3.63) is 42.1 Å². The maximum atomic E-state index is 6.18. The minimum atomic E-state index is 0.302. The lowest BCUT2D eigenvalue weighted by Gasteiger charge is -2.35. The quantitative estimate of drug-likeness (QED) is 0.896. The molecule has 2 atom stereocenters. The van der Waals surface area contributed by atoms with Gasteiger partial charge in [0.25, 0.3) is 0 Å². The van der Waals surface area contributed by atoms with Crippen LogP contribution in [0, 0.1) is 5.92 Å². The van der Waals surface area contributed by atoms with Crippen LogP contribution < -0.4 is 5.73 Å². The van der Waals surface area contributed by atoms with E-state index >= 15 is 0 Å². The monoisotopic (exact) mass is 255 g/mol. The molecule has 3 heteroatoms. The Morgan fingerprint density at radius 3 is 3.00 bits per heavy atom. The van der Waals surface area contributed by atoms with Crippen LogP contribution in [0.5, 0.6) is 0 Å². The summed E-state index contributed by atoms with van der Waals surface area (Å²) in [6.07, 6.45) is 3.06. The fourth-order valence-corrected chi connectivity index (χ4v) is 2.85. The fourth-order valence-electron chi connectivity index (χ4n) is 2.85. The largest absolute Gasteiger partial charge is 0.326 e. The van der Waals surface area contributed by atoms with Gasteiger partial charge < -0.3 is 5.73 Å². The van der Waals surface area contributed by atoms with Gasteiger partial charge in [-0.25, -0.2) is 0 Å². The van der Waals surface area contributed by atoms with E-state index in [1.165, 1.54) is 17.4 Å². The van der Waals surface area contributed by atoms with Crippen molar-refractivity contribution in [3.8, 4) is 0 Å². The van der Waals surface area contributed by atoms with E-state index in [2.05, 4.69) is 41.1 Å². The Morgan fingerprint density at radius 1 is 1.32 bits per heavy atom. The number of rotatable bonds is 2. The maximum Gasteiger partial charge on any atom is 0.0746 e. The fraction of sp³-hybridized carbons (Fsp3) is 0.438. The van der Waals surface area contributed by atoms with Gasteiger partial charge in [-0.15, -0.1) is 0 Å². The molecule has 1 aromatic carbocycles. The Hall–Kier alpha value is -1.45. The second-order valence-electron chi connectivity index (χ2n) is 5.66. The SMILES string of the molecule is CC1CCN(Cc2cccc3cccnc23)CC1N. The number of benzene rings is 1. The molecule has 100 valence electrons. The summed E-state index contributed by atoms with van der Waals surface area (Å²) in [6.45, 7) is 5.33. The highest BCUT2D eigenvalue weighted by atomic mass is 15.1. The Morgan fingerprint density at radius 2 is 2.16 bits per heavy atom. The van der Waals surface area contributed by atoms with Gasteiger partial charge in [0.05, 0.1) is 5.52 Å². The molecular formula is C16H21N3. The van der Waals surface area contributed by atoms with Crippen molar-refractivity contribution in [2.45, 2.75) is 25.9 Å². The topological polar surface area (TPSA) is 42.2 Å². The van der Waals surface area contributed by atoms with Crippen LogP contribution >= 0.6 is 0 Å². The average molecular weight is 255 g/mol. The standard InChI is InChI=1S/C16H21N3/c1-12-7-9-19(11-15(12)17)10-14-5-2-4-13-6-3-8-18-16(13)14/h2-6,8,12,15H,7,9-11,17H2,1H3. The predicted molar refractivity (Wildman–Crippen MR) is 78.8 cm³/mol. The molecule has 2 aromatic rings. The minimum absolute atomic E-state index is 0.302. The molecule has 1 saturated heterocycles. The molecule has 3 rings (SSSR count). The third-order valence-corrected chi connectivity index (χ3v) is 4.21. The normalized spacial score (nSPS) is 24.7. The maximum absolute atomic E-state index is 6.18. The molecule has 3 nitrogen and oxygen atoms in total. The van der Waals surface area contributed by atoms with Gasteiger partial charge in [0.15, 0.2) is 0 Å². The number of nitrogens with two attached hydrogens (primary N) is 1. The summed E-state index contributed by atoms with van der Waals surface area (Å²) in [5.41, 5.74) is 8.61. The number of nitrogens with zero attached hydrogens (tertiary/aromatic N) is 2. The van der Waals surface area contributed by atoms with E-state index in [4.69, 9.17) is 5.73 Å². The van der Waals surface area contributed by atoms with Crippen molar-refractivity contribution < 1.29 is 0 Å². The van der Waals surface area contributed by atoms with Crippen LogP contribution in [0.15, 0.2) is 36.5 Å². The van der Waals surface area contributed by atoms with Crippen LogP contribution in [0.4, 0.5) is 0 Å². The lowest BCUT2D eigenvalue weighted by Crippen LogP contribution is -2.47. The zero-order valence-corrected chi connectivity index (χ0v) is 11.4. The highest BCUT2D eigenvalue weighted by Crippen LogP contribution is 2.21. The van der Waals surface area contributed by atoms with E-state index in [0.717, 1.165) is 25.2 Å². The van der Waals surface area contributed by atoms with E-state index in [1.54, 1.807) is 0 Å². The van der Waals surface area contributed by atoms with Gasteiger partial charge >= 0.3 is 0 Å². The summed E-state index contributed by atoms with van der Waals surface area (Å²) >= 11 is 0. The molecule has 1 aromatic heterocycles. The first-order valence-corrected chi connectivity index (χ1v) is 7.04. The molecule has 0 spiro atoms. The number of hydrogen-bond acceptors (Lipinski definition) is 3. The molecule has 2 heterocycles. The van der Waals surface area contributed by atoms with Crippen LogP contribution in [-0.2, 0) is 6.54 Å². The number of para-hydroxylation sites is 1. The molecule has 1 fully saturated rings. The molecular weight excluding hydrogens is 234 g/mol. The lowest BCUT2D eigenvalue weighted by atomic mass is 9.94. The van der Waals surface area contributed by atoms with Crippen molar-refractivity contribution >= 4 is 10.9 Å². The summed E-state index contributed by atoms with van der Waals surface area (Å²) < 4.78 is 0. The number of fused-ring (bicyclic) bond motifs is 1. The molecule has 2 N–H and O–H groups in total. The third kappa shape index (κ3) is 2.62.